The van der Waals surface area contributed by atoms with Gasteiger partial charge in [-0.1, -0.05) is 6.42 Å². The number of amides is 3. The molecule has 18 heavy (non-hydrogen) atoms. The molecule has 0 aromatic carbocycles. The number of imide groups is 1. The third kappa shape index (κ3) is 1.80. The van der Waals surface area contributed by atoms with Crippen molar-refractivity contribution in [1.82, 2.24) is 15.5 Å². The Morgan fingerprint density at radius 3 is 2.44 bits per heavy atom. The van der Waals surface area contributed by atoms with E-state index >= 15 is 0 Å². The Bertz CT molecular complexity index is 374. The summed E-state index contributed by atoms with van der Waals surface area (Å²) in [6, 6.07) is 0.407. The molecule has 3 fully saturated rings. The number of carbonyl (C=O) groups is 2. The fraction of sp³-hybridized carbons (Fsp3) is 0.833. The van der Waals surface area contributed by atoms with Crippen LogP contribution in [0.25, 0.3) is 0 Å². The molecule has 3 amide bonds. The molecular weight excluding hydrogens is 254 g/mol. The molecule has 2 N–H and O–H groups in total. The van der Waals surface area contributed by atoms with Crippen molar-refractivity contribution >= 4 is 23.5 Å². The maximum absolute atomic E-state index is 12.0. The predicted molar refractivity (Wildman–Crippen MR) is 67.5 cm³/mol. The molecule has 5 nitrogen and oxygen atoms in total. The first kappa shape index (κ1) is 12.2. The number of hydrogen-bond acceptors (Lipinski definition) is 3. The van der Waals surface area contributed by atoms with E-state index in [0.717, 1.165) is 32.2 Å². The van der Waals surface area contributed by atoms with Crippen LogP contribution in [0.3, 0.4) is 0 Å². The van der Waals surface area contributed by atoms with Gasteiger partial charge in [0, 0.05) is 24.5 Å². The van der Waals surface area contributed by atoms with Gasteiger partial charge in [-0.05, 0) is 25.7 Å². The molecule has 3 aliphatic rings. The molecule has 6 heteroatoms. The summed E-state index contributed by atoms with van der Waals surface area (Å²) >= 11 is 5.86. The minimum atomic E-state index is -0.657. The number of fused-ring (bicyclic) bond motifs is 2. The zero-order valence-corrected chi connectivity index (χ0v) is 11.0. The van der Waals surface area contributed by atoms with E-state index in [1.54, 1.807) is 0 Å². The number of nitrogens with zero attached hydrogens (tertiary/aromatic N) is 1. The summed E-state index contributed by atoms with van der Waals surface area (Å²) in [6.07, 6.45) is 4.84. The Kier molecular flexibility index (Phi) is 2.98. The van der Waals surface area contributed by atoms with E-state index in [9.17, 15) is 9.59 Å². The summed E-state index contributed by atoms with van der Waals surface area (Å²) in [4.78, 5) is 25.8. The molecule has 1 spiro atoms. The quantitative estimate of drug-likeness (QED) is 0.577. The van der Waals surface area contributed by atoms with Crippen molar-refractivity contribution in [3.05, 3.63) is 0 Å². The Labute approximate surface area is 111 Å². The number of carbonyl (C=O) groups excluding carboxylic acids is 2. The zero-order chi connectivity index (χ0) is 12.8. The Balaban J connectivity index is 1.83. The number of alkyl halides is 1. The van der Waals surface area contributed by atoms with Gasteiger partial charge in [0.05, 0.1) is 0 Å². The highest BCUT2D eigenvalue weighted by Crippen LogP contribution is 2.40. The van der Waals surface area contributed by atoms with Gasteiger partial charge in [0.2, 0.25) is 0 Å². The van der Waals surface area contributed by atoms with Gasteiger partial charge in [-0.3, -0.25) is 15.0 Å². The molecule has 0 aliphatic carbocycles. The molecular formula is C12H18ClN3O2. The van der Waals surface area contributed by atoms with E-state index in [1.165, 1.54) is 6.42 Å². The second kappa shape index (κ2) is 4.38. The molecule has 3 aliphatic heterocycles. The van der Waals surface area contributed by atoms with Crippen LogP contribution in [-0.2, 0) is 4.79 Å². The van der Waals surface area contributed by atoms with Crippen molar-refractivity contribution < 1.29 is 9.59 Å². The molecule has 0 unspecified atom stereocenters. The van der Waals surface area contributed by atoms with Crippen LogP contribution in [0.1, 0.15) is 32.1 Å². The van der Waals surface area contributed by atoms with Crippen molar-refractivity contribution in [3.63, 3.8) is 0 Å². The second-order valence-electron chi connectivity index (χ2n) is 5.56. The lowest BCUT2D eigenvalue weighted by Gasteiger charge is -2.51. The summed E-state index contributed by atoms with van der Waals surface area (Å²) in [5.41, 5.74) is -0.657. The Morgan fingerprint density at radius 1 is 1.28 bits per heavy atom. The van der Waals surface area contributed by atoms with Gasteiger partial charge in [0.1, 0.15) is 5.54 Å². The molecule has 0 radical (unpaired) electrons. The molecule has 3 rings (SSSR count). The molecule has 100 valence electrons. The van der Waals surface area contributed by atoms with Crippen LogP contribution in [0.2, 0.25) is 0 Å². The summed E-state index contributed by atoms with van der Waals surface area (Å²) in [5.74, 6) is 0.480. The molecule has 2 atom stereocenters. The van der Waals surface area contributed by atoms with Crippen molar-refractivity contribution in [1.29, 1.82) is 0 Å². The third-order valence-corrected chi connectivity index (χ3v) is 4.71. The first-order valence-corrected chi connectivity index (χ1v) is 7.13. The van der Waals surface area contributed by atoms with Gasteiger partial charge >= 0.3 is 6.03 Å². The van der Waals surface area contributed by atoms with E-state index in [4.69, 9.17) is 11.6 Å². The Hall–Kier alpha value is -0.810. The average molecular weight is 272 g/mol. The maximum atomic E-state index is 12.0. The summed E-state index contributed by atoms with van der Waals surface area (Å²) in [7, 11) is 0. The third-order valence-electron chi connectivity index (χ3n) is 4.54. The van der Waals surface area contributed by atoms with E-state index in [1.807, 2.05) is 0 Å². The van der Waals surface area contributed by atoms with Crippen LogP contribution in [0.5, 0.6) is 0 Å². The Morgan fingerprint density at radius 2 is 1.94 bits per heavy atom. The van der Waals surface area contributed by atoms with Gasteiger partial charge in [-0.15, -0.1) is 11.6 Å². The maximum Gasteiger partial charge on any atom is 0.322 e. The van der Waals surface area contributed by atoms with Gasteiger partial charge in [-0.2, -0.15) is 0 Å². The lowest BCUT2D eigenvalue weighted by molar-refractivity contribution is -0.128. The van der Waals surface area contributed by atoms with Crippen LogP contribution in [0.15, 0.2) is 0 Å². The van der Waals surface area contributed by atoms with Crippen molar-refractivity contribution in [2.75, 3.05) is 12.4 Å². The van der Waals surface area contributed by atoms with E-state index in [2.05, 4.69) is 15.5 Å². The molecule has 3 heterocycles. The minimum Gasteiger partial charge on any atom is -0.323 e. The highest BCUT2D eigenvalue weighted by molar-refractivity contribution is 6.18. The summed E-state index contributed by atoms with van der Waals surface area (Å²) in [6.45, 7) is 0.878. The number of hydrogen-bond donors (Lipinski definition) is 2. The SMILES string of the molecule is O=C1NC(=O)C2(C[C@@H]3CCC[C@@H](C2)N3CCCl)N1. The number of halogens is 1. The van der Waals surface area contributed by atoms with Crippen molar-refractivity contribution in [2.45, 2.75) is 49.7 Å². The summed E-state index contributed by atoms with van der Waals surface area (Å²) in [5, 5.41) is 5.23. The fourth-order valence-electron chi connectivity index (χ4n) is 3.82. The van der Waals surface area contributed by atoms with Crippen molar-refractivity contribution in [3.8, 4) is 0 Å². The van der Waals surface area contributed by atoms with E-state index in [-0.39, 0.29) is 11.9 Å². The molecule has 0 saturated carbocycles. The minimum absolute atomic E-state index is 0.144. The van der Waals surface area contributed by atoms with Gasteiger partial charge in [0.25, 0.3) is 5.91 Å². The molecule has 0 aromatic heterocycles. The smallest absolute Gasteiger partial charge is 0.322 e. The van der Waals surface area contributed by atoms with Crippen LogP contribution in [0.4, 0.5) is 4.79 Å². The lowest BCUT2D eigenvalue weighted by Crippen LogP contribution is -2.63. The number of piperidine rings is 2. The highest BCUT2D eigenvalue weighted by Gasteiger charge is 2.54. The second-order valence-corrected chi connectivity index (χ2v) is 5.94. The number of urea groups is 1. The standard InChI is InChI=1S/C12H18ClN3O2/c13-4-5-16-8-2-1-3-9(16)7-12(6-8)10(17)14-11(18)15-12/h8-9H,1-7H2,(H2,14,15,17,18)/t8-,9-/m0/s1. The van der Waals surface area contributed by atoms with Gasteiger partial charge < -0.3 is 5.32 Å². The number of nitrogens with one attached hydrogen (secondary N) is 2. The topological polar surface area (TPSA) is 61.4 Å². The predicted octanol–water partition coefficient (Wildman–Crippen LogP) is 0.820. The molecule has 0 aromatic rings. The lowest BCUT2D eigenvalue weighted by atomic mass is 9.73. The van der Waals surface area contributed by atoms with Crippen LogP contribution in [0, 0.1) is 0 Å². The first-order valence-electron chi connectivity index (χ1n) is 6.60. The van der Waals surface area contributed by atoms with Crippen molar-refractivity contribution in [2.24, 2.45) is 0 Å². The van der Waals surface area contributed by atoms with Crippen LogP contribution < -0.4 is 10.6 Å². The van der Waals surface area contributed by atoms with Crippen LogP contribution >= 0.6 is 11.6 Å². The van der Waals surface area contributed by atoms with E-state index < -0.39 is 5.54 Å². The van der Waals surface area contributed by atoms with E-state index in [0.29, 0.717) is 18.0 Å². The zero-order valence-electron chi connectivity index (χ0n) is 10.2. The number of rotatable bonds is 2. The van der Waals surface area contributed by atoms with Crippen LogP contribution in [-0.4, -0.2) is 46.9 Å². The van der Waals surface area contributed by atoms with Gasteiger partial charge in [-0.25, -0.2) is 4.79 Å². The first-order chi connectivity index (χ1) is 8.64. The average Bonchev–Trinajstić information content (AvgIpc) is 2.55. The molecule has 2 bridgehead atoms. The monoisotopic (exact) mass is 271 g/mol. The largest absolute Gasteiger partial charge is 0.323 e. The normalized spacial score (nSPS) is 39.8. The summed E-state index contributed by atoms with van der Waals surface area (Å²) < 4.78 is 0. The van der Waals surface area contributed by atoms with Gasteiger partial charge in [0.15, 0.2) is 0 Å². The fourth-order valence-corrected chi connectivity index (χ4v) is 4.02. The highest BCUT2D eigenvalue weighted by atomic mass is 35.5. The molecule has 3 saturated heterocycles.